The summed E-state index contributed by atoms with van der Waals surface area (Å²) in [4.78, 5) is 10.4. The van der Waals surface area contributed by atoms with Gasteiger partial charge in [-0.05, 0) is 72.6 Å². The second kappa shape index (κ2) is 7.61. The zero-order valence-corrected chi connectivity index (χ0v) is 18.5. The molecule has 0 N–H and O–H groups in total. The third-order valence-electron chi connectivity index (χ3n) is 7.37. The SMILES string of the molecule is CC(C)[C@@H]1CC[C@@H](C)c2ccc(-c3ccc4c(n3)[C@@H](C(C)C)CC[C@H]4C)nc21. The van der Waals surface area contributed by atoms with Gasteiger partial charge in [-0.3, -0.25) is 9.97 Å². The molecule has 2 heteroatoms. The van der Waals surface area contributed by atoms with Crippen LogP contribution in [0.4, 0.5) is 0 Å². The molecule has 0 amide bonds. The smallest absolute Gasteiger partial charge is 0.0889 e. The molecule has 2 nitrogen and oxygen atoms in total. The summed E-state index contributed by atoms with van der Waals surface area (Å²) < 4.78 is 0. The van der Waals surface area contributed by atoms with Gasteiger partial charge in [0.15, 0.2) is 0 Å². The van der Waals surface area contributed by atoms with Crippen LogP contribution in [-0.2, 0) is 0 Å². The van der Waals surface area contributed by atoms with Gasteiger partial charge >= 0.3 is 0 Å². The van der Waals surface area contributed by atoms with Gasteiger partial charge in [0.05, 0.1) is 11.4 Å². The van der Waals surface area contributed by atoms with E-state index in [1.807, 2.05) is 0 Å². The van der Waals surface area contributed by atoms with E-state index < -0.39 is 0 Å². The van der Waals surface area contributed by atoms with Crippen molar-refractivity contribution in [2.24, 2.45) is 11.8 Å². The molecule has 0 saturated heterocycles. The molecule has 0 unspecified atom stereocenters. The highest BCUT2D eigenvalue weighted by Crippen LogP contribution is 2.44. The lowest BCUT2D eigenvalue weighted by atomic mass is 9.75. The van der Waals surface area contributed by atoms with Crippen molar-refractivity contribution in [1.29, 1.82) is 0 Å². The summed E-state index contributed by atoms with van der Waals surface area (Å²) in [5.74, 6) is 3.66. The Bertz CT molecular complexity index is 780. The topological polar surface area (TPSA) is 25.8 Å². The van der Waals surface area contributed by atoms with Crippen molar-refractivity contribution in [1.82, 2.24) is 9.97 Å². The normalized spacial score (nSPS) is 27.0. The molecule has 2 aromatic rings. The Hall–Kier alpha value is -1.70. The van der Waals surface area contributed by atoms with Gasteiger partial charge in [0.2, 0.25) is 0 Å². The van der Waals surface area contributed by atoms with E-state index in [4.69, 9.17) is 9.97 Å². The average Bonchev–Trinajstić information content (AvgIpc) is 2.67. The molecule has 2 aliphatic rings. The molecule has 0 spiro atoms. The third kappa shape index (κ3) is 3.40. The Balaban J connectivity index is 1.78. The number of hydrogen-bond donors (Lipinski definition) is 0. The zero-order valence-electron chi connectivity index (χ0n) is 18.5. The standard InChI is InChI=1S/C26H36N2/c1-15(2)19-9-7-17(5)21-11-13-23(27-25(19)21)24-14-12-22-18(6)8-10-20(16(3)4)26(22)28-24/h11-20H,7-10H2,1-6H3/t17-,18-,19-,20+/m1/s1. The van der Waals surface area contributed by atoms with Crippen LogP contribution in [0.15, 0.2) is 24.3 Å². The number of aromatic nitrogens is 2. The van der Waals surface area contributed by atoms with E-state index in [1.165, 1.54) is 48.2 Å². The van der Waals surface area contributed by atoms with Gasteiger partial charge in [-0.25, -0.2) is 0 Å². The van der Waals surface area contributed by atoms with Crippen molar-refractivity contribution >= 4 is 0 Å². The van der Waals surface area contributed by atoms with Crippen LogP contribution in [0.3, 0.4) is 0 Å². The molecule has 0 fully saturated rings. The monoisotopic (exact) mass is 376 g/mol. The molecule has 150 valence electrons. The Labute approximate surface area is 171 Å². The van der Waals surface area contributed by atoms with Gasteiger partial charge in [-0.15, -0.1) is 0 Å². The quantitative estimate of drug-likeness (QED) is 0.557. The first-order chi connectivity index (χ1) is 13.4. The lowest BCUT2D eigenvalue weighted by Gasteiger charge is -2.32. The highest BCUT2D eigenvalue weighted by Gasteiger charge is 2.30. The molecule has 0 aliphatic heterocycles. The summed E-state index contributed by atoms with van der Waals surface area (Å²) in [6.07, 6.45) is 5.07. The van der Waals surface area contributed by atoms with Crippen LogP contribution in [0.1, 0.15) is 113 Å². The van der Waals surface area contributed by atoms with Gasteiger partial charge in [0.25, 0.3) is 0 Å². The summed E-state index contributed by atoms with van der Waals surface area (Å²) in [5.41, 5.74) is 7.70. The fourth-order valence-electron chi connectivity index (χ4n) is 5.43. The maximum atomic E-state index is 5.21. The molecule has 0 saturated carbocycles. The van der Waals surface area contributed by atoms with Crippen LogP contribution < -0.4 is 0 Å². The lowest BCUT2D eigenvalue weighted by Crippen LogP contribution is -2.20. The van der Waals surface area contributed by atoms with Crippen molar-refractivity contribution in [3.8, 4) is 11.4 Å². The summed E-state index contributed by atoms with van der Waals surface area (Å²) in [6.45, 7) is 14.1. The van der Waals surface area contributed by atoms with Gasteiger partial charge in [0.1, 0.15) is 0 Å². The van der Waals surface area contributed by atoms with E-state index in [0.717, 1.165) is 11.4 Å². The van der Waals surface area contributed by atoms with Crippen molar-refractivity contribution in [3.05, 3.63) is 46.8 Å². The van der Waals surface area contributed by atoms with E-state index in [-0.39, 0.29) is 0 Å². The summed E-state index contributed by atoms with van der Waals surface area (Å²) in [5, 5.41) is 0. The molecule has 0 radical (unpaired) electrons. The molecule has 0 aromatic carbocycles. The first-order valence-electron chi connectivity index (χ1n) is 11.4. The Morgan fingerprint density at radius 2 is 1.04 bits per heavy atom. The van der Waals surface area contributed by atoms with Crippen molar-refractivity contribution < 1.29 is 0 Å². The van der Waals surface area contributed by atoms with E-state index >= 15 is 0 Å². The molecule has 2 aromatic heterocycles. The maximum Gasteiger partial charge on any atom is 0.0889 e. The van der Waals surface area contributed by atoms with Crippen LogP contribution in [0.25, 0.3) is 11.4 Å². The third-order valence-corrected chi connectivity index (χ3v) is 7.37. The van der Waals surface area contributed by atoms with Gasteiger partial charge in [-0.2, -0.15) is 0 Å². The predicted molar refractivity (Wildman–Crippen MR) is 118 cm³/mol. The second-order valence-corrected chi connectivity index (χ2v) is 10.00. The van der Waals surface area contributed by atoms with E-state index in [2.05, 4.69) is 65.8 Å². The molecule has 4 rings (SSSR count). The van der Waals surface area contributed by atoms with Crippen LogP contribution in [0.5, 0.6) is 0 Å². The molecule has 2 aliphatic carbocycles. The van der Waals surface area contributed by atoms with Crippen molar-refractivity contribution in [2.75, 3.05) is 0 Å². The molecule has 4 atom stereocenters. The fourth-order valence-corrected chi connectivity index (χ4v) is 5.43. The Morgan fingerprint density at radius 3 is 1.39 bits per heavy atom. The van der Waals surface area contributed by atoms with E-state index in [9.17, 15) is 0 Å². The number of pyridine rings is 2. The fraction of sp³-hybridized carbons (Fsp3) is 0.615. The lowest BCUT2D eigenvalue weighted by molar-refractivity contribution is 0.399. The van der Waals surface area contributed by atoms with Crippen LogP contribution in [0.2, 0.25) is 0 Å². The van der Waals surface area contributed by atoms with Crippen molar-refractivity contribution in [2.45, 2.75) is 90.9 Å². The minimum absolute atomic E-state index is 0.576. The Morgan fingerprint density at radius 1 is 0.643 bits per heavy atom. The minimum Gasteiger partial charge on any atom is -0.251 e. The molecule has 2 heterocycles. The predicted octanol–water partition coefficient (Wildman–Crippen LogP) is 7.42. The number of rotatable bonds is 3. The summed E-state index contributed by atoms with van der Waals surface area (Å²) in [7, 11) is 0. The van der Waals surface area contributed by atoms with Gasteiger partial charge in [0, 0.05) is 23.2 Å². The zero-order chi connectivity index (χ0) is 20.0. The Kier molecular flexibility index (Phi) is 5.33. The average molecular weight is 377 g/mol. The van der Waals surface area contributed by atoms with Crippen LogP contribution in [-0.4, -0.2) is 9.97 Å². The molecule has 0 bridgehead atoms. The van der Waals surface area contributed by atoms with Crippen LogP contribution in [0, 0.1) is 11.8 Å². The summed E-state index contributed by atoms with van der Waals surface area (Å²) >= 11 is 0. The highest BCUT2D eigenvalue weighted by atomic mass is 14.8. The van der Waals surface area contributed by atoms with Crippen molar-refractivity contribution in [3.63, 3.8) is 0 Å². The van der Waals surface area contributed by atoms with E-state index in [0.29, 0.717) is 35.5 Å². The first-order valence-corrected chi connectivity index (χ1v) is 11.4. The molecular formula is C26H36N2. The second-order valence-electron chi connectivity index (χ2n) is 10.00. The van der Waals surface area contributed by atoms with Crippen LogP contribution >= 0.6 is 0 Å². The largest absolute Gasteiger partial charge is 0.251 e. The van der Waals surface area contributed by atoms with Gasteiger partial charge < -0.3 is 0 Å². The first kappa shape index (κ1) is 19.6. The van der Waals surface area contributed by atoms with Gasteiger partial charge in [-0.1, -0.05) is 53.7 Å². The maximum absolute atomic E-state index is 5.21. The number of hydrogen-bond acceptors (Lipinski definition) is 2. The number of nitrogens with zero attached hydrogens (tertiary/aromatic N) is 2. The minimum atomic E-state index is 0.576. The number of fused-ring (bicyclic) bond motifs is 2. The molecule has 28 heavy (non-hydrogen) atoms. The highest BCUT2D eigenvalue weighted by molar-refractivity contribution is 5.57. The molecular weight excluding hydrogens is 340 g/mol. The summed E-state index contributed by atoms with van der Waals surface area (Å²) in [6, 6.07) is 9.09. The van der Waals surface area contributed by atoms with E-state index in [1.54, 1.807) is 0 Å².